The van der Waals surface area contributed by atoms with Crippen LogP contribution < -0.4 is 4.72 Å². The zero-order valence-electron chi connectivity index (χ0n) is 11.7. The molecule has 1 aromatic carbocycles. The monoisotopic (exact) mass is 379 g/mol. The van der Waals surface area contributed by atoms with Gasteiger partial charge in [0.1, 0.15) is 0 Å². The third-order valence-corrected chi connectivity index (χ3v) is 6.92. The Morgan fingerprint density at radius 2 is 1.68 bits per heavy atom. The highest BCUT2D eigenvalue weighted by Gasteiger charge is 2.18. The van der Waals surface area contributed by atoms with Gasteiger partial charge in [-0.2, -0.15) is 0 Å². The summed E-state index contributed by atoms with van der Waals surface area (Å²) in [6.07, 6.45) is 1.06. The first-order chi connectivity index (χ1) is 10.2. The Labute approximate surface area is 137 Å². The number of sulfone groups is 1. The highest BCUT2D eigenvalue weighted by atomic mass is 32.2. The van der Waals surface area contributed by atoms with E-state index in [0.29, 0.717) is 4.34 Å². The molecule has 22 heavy (non-hydrogen) atoms. The molecule has 2 rings (SSSR count). The zero-order valence-corrected chi connectivity index (χ0v) is 14.9. The summed E-state index contributed by atoms with van der Waals surface area (Å²) in [7, 11) is -7.19. The maximum Gasteiger partial charge on any atom is 0.263 e. The van der Waals surface area contributed by atoms with Gasteiger partial charge in [-0.15, -0.1) is 10.2 Å². The van der Waals surface area contributed by atoms with Crippen LogP contribution in [-0.4, -0.2) is 39.0 Å². The SMILES string of the molecule is CCSc1nnc(NS(=O)(=O)c2ccc(S(C)(=O)=O)cc2)s1. The molecule has 0 aliphatic rings. The van der Waals surface area contributed by atoms with Crippen LogP contribution in [0.1, 0.15) is 6.92 Å². The van der Waals surface area contributed by atoms with Gasteiger partial charge in [0.2, 0.25) is 5.13 Å². The van der Waals surface area contributed by atoms with Gasteiger partial charge in [-0.25, -0.2) is 16.8 Å². The van der Waals surface area contributed by atoms with Crippen LogP contribution in [0.15, 0.2) is 38.4 Å². The van der Waals surface area contributed by atoms with E-state index in [9.17, 15) is 16.8 Å². The van der Waals surface area contributed by atoms with Gasteiger partial charge in [-0.3, -0.25) is 4.72 Å². The first-order valence-corrected chi connectivity index (χ1v) is 11.2. The second-order valence-corrected chi connectivity index (χ2v) is 10.3. The third-order valence-electron chi connectivity index (χ3n) is 2.46. The Morgan fingerprint density at radius 3 is 2.23 bits per heavy atom. The molecule has 2 aromatic rings. The lowest BCUT2D eigenvalue weighted by molar-refractivity contribution is 0.597. The Hall–Kier alpha value is -1.17. The van der Waals surface area contributed by atoms with Gasteiger partial charge in [0.05, 0.1) is 9.79 Å². The number of nitrogens with one attached hydrogen (secondary N) is 1. The third kappa shape index (κ3) is 4.18. The van der Waals surface area contributed by atoms with Crippen LogP contribution >= 0.6 is 23.1 Å². The largest absolute Gasteiger partial charge is 0.263 e. The highest BCUT2D eigenvalue weighted by Crippen LogP contribution is 2.27. The second kappa shape index (κ2) is 6.52. The van der Waals surface area contributed by atoms with Crippen molar-refractivity contribution in [3.8, 4) is 0 Å². The number of thioether (sulfide) groups is 1. The minimum Gasteiger partial charge on any atom is -0.253 e. The predicted molar refractivity (Wildman–Crippen MR) is 86.7 cm³/mol. The number of anilines is 1. The van der Waals surface area contributed by atoms with Crippen molar-refractivity contribution in [2.24, 2.45) is 0 Å². The fraction of sp³-hybridized carbons (Fsp3) is 0.273. The molecule has 120 valence electrons. The van der Waals surface area contributed by atoms with Gasteiger partial charge in [-0.1, -0.05) is 30.0 Å². The number of hydrogen-bond donors (Lipinski definition) is 1. The van der Waals surface area contributed by atoms with E-state index in [0.717, 1.165) is 23.3 Å². The lowest BCUT2D eigenvalue weighted by Gasteiger charge is -2.05. The molecule has 0 fully saturated rings. The molecule has 1 heterocycles. The minimum absolute atomic E-state index is 0.0419. The van der Waals surface area contributed by atoms with E-state index in [4.69, 9.17) is 0 Å². The average Bonchev–Trinajstić information content (AvgIpc) is 2.85. The number of rotatable bonds is 6. The van der Waals surface area contributed by atoms with Gasteiger partial charge in [0.25, 0.3) is 10.0 Å². The van der Waals surface area contributed by atoms with Gasteiger partial charge >= 0.3 is 0 Å². The number of benzene rings is 1. The Balaban J connectivity index is 2.22. The topological polar surface area (TPSA) is 106 Å². The van der Waals surface area contributed by atoms with Crippen molar-refractivity contribution in [2.45, 2.75) is 21.1 Å². The minimum atomic E-state index is -3.82. The lowest BCUT2D eigenvalue weighted by Crippen LogP contribution is -2.13. The standard InChI is InChI=1S/C11H13N3O4S4/c1-3-19-11-13-12-10(20-11)14-22(17,18)9-6-4-8(5-7-9)21(2,15)16/h4-7H,3H2,1-2H3,(H,12,14). The maximum atomic E-state index is 12.2. The average molecular weight is 380 g/mol. The molecule has 11 heteroatoms. The summed E-state index contributed by atoms with van der Waals surface area (Å²) in [6, 6.07) is 4.98. The maximum absolute atomic E-state index is 12.2. The normalized spacial score (nSPS) is 12.3. The first-order valence-electron chi connectivity index (χ1n) is 6.01. The fourth-order valence-corrected chi connectivity index (χ4v) is 4.98. The molecule has 0 bridgehead atoms. The number of hydrogen-bond acceptors (Lipinski definition) is 8. The van der Waals surface area contributed by atoms with E-state index in [2.05, 4.69) is 14.9 Å². The van der Waals surface area contributed by atoms with Crippen molar-refractivity contribution in [1.82, 2.24) is 10.2 Å². The van der Waals surface area contributed by atoms with E-state index >= 15 is 0 Å². The number of aromatic nitrogens is 2. The summed E-state index contributed by atoms with van der Waals surface area (Å²) < 4.78 is 50.1. The molecule has 0 atom stereocenters. The number of nitrogens with zero attached hydrogens (tertiary/aromatic N) is 2. The molecule has 1 aromatic heterocycles. The van der Waals surface area contributed by atoms with Crippen LogP contribution in [0.5, 0.6) is 0 Å². The smallest absolute Gasteiger partial charge is 0.253 e. The van der Waals surface area contributed by atoms with Crippen LogP contribution in [0.2, 0.25) is 0 Å². The van der Waals surface area contributed by atoms with Gasteiger partial charge in [0.15, 0.2) is 14.2 Å². The molecule has 0 spiro atoms. The van der Waals surface area contributed by atoms with Crippen molar-refractivity contribution in [1.29, 1.82) is 0 Å². The molecule has 0 amide bonds. The van der Waals surface area contributed by atoms with Crippen LogP contribution in [0.25, 0.3) is 0 Å². The molecule has 0 radical (unpaired) electrons. The number of sulfonamides is 1. The van der Waals surface area contributed by atoms with Crippen molar-refractivity contribution in [3.05, 3.63) is 24.3 Å². The molecule has 0 aliphatic heterocycles. The summed E-state index contributed by atoms with van der Waals surface area (Å²) in [4.78, 5) is 0.0174. The van der Waals surface area contributed by atoms with Gasteiger partial charge < -0.3 is 0 Å². The molecular weight excluding hydrogens is 366 g/mol. The highest BCUT2D eigenvalue weighted by molar-refractivity contribution is 8.01. The van der Waals surface area contributed by atoms with Crippen LogP contribution in [0.4, 0.5) is 5.13 Å². The van der Waals surface area contributed by atoms with E-state index in [1.165, 1.54) is 36.0 Å². The van der Waals surface area contributed by atoms with Crippen molar-refractivity contribution >= 4 is 48.1 Å². The van der Waals surface area contributed by atoms with E-state index in [1.54, 1.807) is 0 Å². The summed E-state index contributed by atoms with van der Waals surface area (Å²) in [6.45, 7) is 1.96. The summed E-state index contributed by atoms with van der Waals surface area (Å²) >= 11 is 2.61. The van der Waals surface area contributed by atoms with Crippen molar-refractivity contribution in [3.63, 3.8) is 0 Å². The van der Waals surface area contributed by atoms with Gasteiger partial charge in [-0.05, 0) is 30.0 Å². The second-order valence-electron chi connectivity index (χ2n) is 4.16. The van der Waals surface area contributed by atoms with Gasteiger partial charge in [0, 0.05) is 6.26 Å². The molecule has 0 saturated heterocycles. The molecule has 1 N–H and O–H groups in total. The quantitative estimate of drug-likeness (QED) is 0.763. The molecule has 0 unspecified atom stereocenters. The Morgan fingerprint density at radius 1 is 1.09 bits per heavy atom. The van der Waals surface area contributed by atoms with Crippen molar-refractivity contribution < 1.29 is 16.8 Å². The van der Waals surface area contributed by atoms with Crippen LogP contribution in [0, 0.1) is 0 Å². The van der Waals surface area contributed by atoms with E-state index < -0.39 is 19.9 Å². The molecular formula is C11H13N3O4S4. The fourth-order valence-electron chi connectivity index (χ4n) is 1.47. The molecule has 0 saturated carbocycles. The zero-order chi connectivity index (χ0) is 16.4. The lowest BCUT2D eigenvalue weighted by atomic mass is 10.4. The van der Waals surface area contributed by atoms with Crippen LogP contribution in [0.3, 0.4) is 0 Å². The molecule has 7 nitrogen and oxygen atoms in total. The summed E-state index contributed by atoms with van der Waals surface area (Å²) in [5.41, 5.74) is 0. The first kappa shape index (κ1) is 17.2. The van der Waals surface area contributed by atoms with Crippen LogP contribution in [-0.2, 0) is 19.9 Å². The predicted octanol–water partition coefficient (Wildman–Crippen LogP) is 1.85. The van der Waals surface area contributed by atoms with Crippen molar-refractivity contribution in [2.75, 3.05) is 16.7 Å². The van der Waals surface area contributed by atoms with E-state index in [-0.39, 0.29) is 14.9 Å². The molecule has 0 aliphatic carbocycles. The summed E-state index contributed by atoms with van der Waals surface area (Å²) in [5.74, 6) is 0.814. The Kier molecular flexibility index (Phi) is 5.10. The van der Waals surface area contributed by atoms with E-state index in [1.807, 2.05) is 6.92 Å². The Bertz CT molecular complexity index is 857. The summed E-state index contributed by atoms with van der Waals surface area (Å²) in [5, 5.41) is 7.79.